The van der Waals surface area contributed by atoms with Gasteiger partial charge in [0.2, 0.25) is 0 Å². The first-order chi connectivity index (χ1) is 8.40. The van der Waals surface area contributed by atoms with E-state index in [2.05, 4.69) is 25.7 Å². The minimum Gasteiger partial charge on any atom is -0.395 e. The molecule has 0 aliphatic carbocycles. The highest BCUT2D eigenvalue weighted by Crippen LogP contribution is 2.25. The predicted molar refractivity (Wildman–Crippen MR) is 74.5 cm³/mol. The lowest BCUT2D eigenvalue weighted by Gasteiger charge is -2.43. The summed E-state index contributed by atoms with van der Waals surface area (Å²) in [4.78, 5) is 2.31. The minimum absolute atomic E-state index is 0.00591. The third-order valence-corrected chi connectivity index (χ3v) is 3.88. The van der Waals surface area contributed by atoms with Crippen LogP contribution in [-0.4, -0.2) is 54.5 Å². The van der Waals surface area contributed by atoms with Gasteiger partial charge in [0.25, 0.3) is 0 Å². The van der Waals surface area contributed by atoms with Gasteiger partial charge in [-0.2, -0.15) is 0 Å². The predicted octanol–water partition coefficient (Wildman–Crippen LogP) is 1.22. The summed E-state index contributed by atoms with van der Waals surface area (Å²) < 4.78 is 5.71. The summed E-state index contributed by atoms with van der Waals surface area (Å²) in [6.07, 6.45) is 2.54. The van der Waals surface area contributed by atoms with E-state index >= 15 is 0 Å². The van der Waals surface area contributed by atoms with E-state index in [-0.39, 0.29) is 24.1 Å². The molecule has 0 aromatic heterocycles. The lowest BCUT2D eigenvalue weighted by molar-refractivity contribution is -0.0275. The highest BCUT2D eigenvalue weighted by Gasteiger charge is 2.34. The van der Waals surface area contributed by atoms with Crippen LogP contribution >= 0.6 is 0 Å². The Morgan fingerprint density at radius 3 is 2.61 bits per heavy atom. The Balaban J connectivity index is 2.64. The molecule has 1 saturated heterocycles. The Morgan fingerprint density at radius 1 is 1.44 bits per heavy atom. The number of piperidine rings is 1. The average molecular weight is 258 g/mol. The van der Waals surface area contributed by atoms with Crippen molar-refractivity contribution >= 4 is 0 Å². The van der Waals surface area contributed by atoms with E-state index in [1.54, 1.807) is 0 Å². The molecule has 18 heavy (non-hydrogen) atoms. The van der Waals surface area contributed by atoms with Gasteiger partial charge in [-0.1, -0.05) is 20.8 Å². The second kappa shape index (κ2) is 6.85. The summed E-state index contributed by atoms with van der Waals surface area (Å²) in [5.74, 6) is 0. The van der Waals surface area contributed by atoms with Crippen molar-refractivity contribution in [3.63, 3.8) is 0 Å². The van der Waals surface area contributed by atoms with E-state index < -0.39 is 0 Å². The maximum atomic E-state index is 9.67. The lowest BCUT2D eigenvalue weighted by Crippen LogP contribution is -2.58. The van der Waals surface area contributed by atoms with Crippen molar-refractivity contribution in [2.45, 2.75) is 58.7 Å². The molecule has 1 rings (SSSR count). The van der Waals surface area contributed by atoms with Crippen LogP contribution in [-0.2, 0) is 4.74 Å². The second-order valence-corrected chi connectivity index (χ2v) is 6.36. The standard InChI is InChI=1S/C14H30N2O2/c1-5-18-11-7-6-8-16(9-11)12(10-17)13(15)14(2,3)4/h11-13,17H,5-10,15H2,1-4H3. The van der Waals surface area contributed by atoms with Crippen molar-refractivity contribution in [3.8, 4) is 0 Å². The molecule has 0 bridgehead atoms. The molecule has 0 aromatic carbocycles. The van der Waals surface area contributed by atoms with Crippen molar-refractivity contribution < 1.29 is 9.84 Å². The zero-order chi connectivity index (χ0) is 13.8. The summed E-state index contributed by atoms with van der Waals surface area (Å²) in [6, 6.07) is 0.0103. The smallest absolute Gasteiger partial charge is 0.0702 e. The highest BCUT2D eigenvalue weighted by molar-refractivity contribution is 4.91. The van der Waals surface area contributed by atoms with Gasteiger partial charge in [-0.25, -0.2) is 0 Å². The fourth-order valence-corrected chi connectivity index (χ4v) is 2.67. The Hall–Kier alpha value is -0.160. The van der Waals surface area contributed by atoms with Gasteiger partial charge in [-0.3, -0.25) is 4.90 Å². The van der Waals surface area contributed by atoms with Crippen molar-refractivity contribution in [2.75, 3.05) is 26.3 Å². The van der Waals surface area contributed by atoms with Crippen LogP contribution in [0.1, 0.15) is 40.5 Å². The number of aliphatic hydroxyl groups is 1. The molecule has 0 spiro atoms. The summed E-state index contributed by atoms with van der Waals surface area (Å²) >= 11 is 0. The van der Waals surface area contributed by atoms with Crippen molar-refractivity contribution in [1.82, 2.24) is 4.90 Å². The summed E-state index contributed by atoms with van der Waals surface area (Å²) in [5.41, 5.74) is 6.32. The molecule has 3 atom stereocenters. The van der Waals surface area contributed by atoms with E-state index in [4.69, 9.17) is 10.5 Å². The van der Waals surface area contributed by atoms with Crippen LogP contribution in [0, 0.1) is 5.41 Å². The zero-order valence-corrected chi connectivity index (χ0v) is 12.4. The molecule has 0 aromatic rings. The van der Waals surface area contributed by atoms with E-state index in [1.165, 1.54) is 0 Å². The molecule has 3 N–H and O–H groups in total. The van der Waals surface area contributed by atoms with Gasteiger partial charge >= 0.3 is 0 Å². The summed E-state index contributed by atoms with van der Waals surface area (Å²) in [7, 11) is 0. The van der Waals surface area contributed by atoms with Crippen LogP contribution in [0.2, 0.25) is 0 Å². The quantitative estimate of drug-likeness (QED) is 0.778. The van der Waals surface area contributed by atoms with Crippen molar-refractivity contribution in [1.29, 1.82) is 0 Å². The molecular weight excluding hydrogens is 228 g/mol. The molecule has 108 valence electrons. The van der Waals surface area contributed by atoms with Crippen LogP contribution in [0.3, 0.4) is 0 Å². The van der Waals surface area contributed by atoms with Gasteiger partial charge < -0.3 is 15.6 Å². The maximum Gasteiger partial charge on any atom is 0.0702 e. The van der Waals surface area contributed by atoms with Crippen LogP contribution in [0.5, 0.6) is 0 Å². The van der Waals surface area contributed by atoms with Gasteiger partial charge in [0.1, 0.15) is 0 Å². The van der Waals surface area contributed by atoms with Crippen LogP contribution in [0.15, 0.2) is 0 Å². The topological polar surface area (TPSA) is 58.7 Å². The largest absolute Gasteiger partial charge is 0.395 e. The molecule has 1 aliphatic heterocycles. The zero-order valence-electron chi connectivity index (χ0n) is 12.4. The van der Waals surface area contributed by atoms with E-state index in [0.717, 1.165) is 32.5 Å². The average Bonchev–Trinajstić information content (AvgIpc) is 2.29. The fourth-order valence-electron chi connectivity index (χ4n) is 2.67. The third-order valence-electron chi connectivity index (χ3n) is 3.88. The Morgan fingerprint density at radius 2 is 2.11 bits per heavy atom. The van der Waals surface area contributed by atoms with E-state index in [1.807, 2.05) is 6.92 Å². The van der Waals surface area contributed by atoms with E-state index in [0.29, 0.717) is 6.10 Å². The SMILES string of the molecule is CCOC1CCCN(C(CO)C(N)C(C)(C)C)C1. The first-order valence-corrected chi connectivity index (χ1v) is 7.12. The molecule has 4 heteroatoms. The lowest BCUT2D eigenvalue weighted by atomic mass is 9.82. The normalized spacial score (nSPS) is 26.0. The van der Waals surface area contributed by atoms with Crippen LogP contribution in [0.4, 0.5) is 0 Å². The number of ether oxygens (including phenoxy) is 1. The van der Waals surface area contributed by atoms with Gasteiger partial charge in [-0.15, -0.1) is 0 Å². The summed E-state index contributed by atoms with van der Waals surface area (Å²) in [6.45, 7) is 11.2. The summed E-state index contributed by atoms with van der Waals surface area (Å²) in [5, 5.41) is 9.67. The molecule has 0 saturated carbocycles. The van der Waals surface area contributed by atoms with Gasteiger partial charge in [0.05, 0.1) is 12.7 Å². The third kappa shape index (κ3) is 4.19. The van der Waals surface area contributed by atoms with Gasteiger partial charge in [-0.05, 0) is 31.7 Å². The maximum absolute atomic E-state index is 9.67. The first kappa shape index (κ1) is 15.9. The number of aliphatic hydroxyl groups excluding tert-OH is 1. The first-order valence-electron chi connectivity index (χ1n) is 7.12. The molecule has 0 amide bonds. The number of likely N-dealkylation sites (tertiary alicyclic amines) is 1. The number of hydrogen-bond acceptors (Lipinski definition) is 4. The molecule has 1 aliphatic rings. The fraction of sp³-hybridized carbons (Fsp3) is 1.00. The number of nitrogens with two attached hydrogens (primary N) is 1. The molecule has 0 radical (unpaired) electrons. The van der Waals surface area contributed by atoms with Gasteiger partial charge in [0.15, 0.2) is 0 Å². The monoisotopic (exact) mass is 258 g/mol. The number of nitrogens with zero attached hydrogens (tertiary/aromatic N) is 1. The van der Waals surface area contributed by atoms with E-state index in [9.17, 15) is 5.11 Å². The Labute approximate surface area is 111 Å². The molecular formula is C14H30N2O2. The number of hydrogen-bond donors (Lipinski definition) is 2. The Kier molecular flexibility index (Phi) is 6.05. The number of rotatable bonds is 5. The molecule has 4 nitrogen and oxygen atoms in total. The van der Waals surface area contributed by atoms with Crippen LogP contribution < -0.4 is 5.73 Å². The molecule has 1 heterocycles. The van der Waals surface area contributed by atoms with Gasteiger partial charge in [0, 0.05) is 25.2 Å². The van der Waals surface area contributed by atoms with Crippen molar-refractivity contribution in [2.24, 2.45) is 11.1 Å². The molecule has 3 unspecified atom stereocenters. The molecule has 1 fully saturated rings. The Bertz CT molecular complexity index is 238. The van der Waals surface area contributed by atoms with Crippen molar-refractivity contribution in [3.05, 3.63) is 0 Å². The van der Waals surface area contributed by atoms with Crippen LogP contribution in [0.25, 0.3) is 0 Å². The highest BCUT2D eigenvalue weighted by atomic mass is 16.5. The second-order valence-electron chi connectivity index (χ2n) is 6.36. The minimum atomic E-state index is -0.0251.